The van der Waals surface area contributed by atoms with Gasteiger partial charge in [0, 0.05) is 25.4 Å². The summed E-state index contributed by atoms with van der Waals surface area (Å²) in [6.45, 7) is 7.96. The summed E-state index contributed by atoms with van der Waals surface area (Å²) >= 11 is 0. The first kappa shape index (κ1) is 7.58. The van der Waals surface area contributed by atoms with Gasteiger partial charge in [0.2, 0.25) is 5.91 Å². The number of nitrogens with zero attached hydrogens (tertiary/aromatic N) is 1. The van der Waals surface area contributed by atoms with Gasteiger partial charge in [-0.3, -0.25) is 4.79 Å². The van der Waals surface area contributed by atoms with Crippen molar-refractivity contribution >= 4 is 5.91 Å². The summed E-state index contributed by atoms with van der Waals surface area (Å²) in [6.07, 6.45) is 1.18. The first-order chi connectivity index (χ1) is 4.57. The molecule has 0 aliphatic carbocycles. The zero-order chi connectivity index (χ0) is 7.78. The average molecular weight is 141 g/mol. The van der Waals surface area contributed by atoms with Crippen LogP contribution in [0.15, 0.2) is 0 Å². The molecule has 0 bridgehead atoms. The molecule has 0 aromatic carbocycles. The van der Waals surface area contributed by atoms with Gasteiger partial charge in [0.05, 0.1) is 0 Å². The monoisotopic (exact) mass is 141 g/mol. The highest BCUT2D eigenvalue weighted by Crippen LogP contribution is 2.32. The number of amides is 1. The zero-order valence-corrected chi connectivity index (χ0v) is 6.98. The van der Waals surface area contributed by atoms with Gasteiger partial charge in [-0.1, -0.05) is 13.8 Å². The average Bonchev–Trinajstić information content (AvgIpc) is 1.80. The topological polar surface area (TPSA) is 20.3 Å². The van der Waals surface area contributed by atoms with Crippen molar-refractivity contribution in [3.8, 4) is 0 Å². The Bertz CT molecular complexity index is 147. The van der Waals surface area contributed by atoms with E-state index in [2.05, 4.69) is 13.8 Å². The van der Waals surface area contributed by atoms with Gasteiger partial charge < -0.3 is 4.90 Å². The van der Waals surface area contributed by atoms with E-state index in [0.29, 0.717) is 5.41 Å². The lowest BCUT2D eigenvalue weighted by Crippen LogP contribution is -2.55. The van der Waals surface area contributed by atoms with E-state index >= 15 is 0 Å². The zero-order valence-electron chi connectivity index (χ0n) is 6.98. The second-order valence-corrected chi connectivity index (χ2v) is 3.54. The van der Waals surface area contributed by atoms with Crippen LogP contribution in [0.2, 0.25) is 0 Å². The molecule has 0 radical (unpaired) electrons. The van der Waals surface area contributed by atoms with Crippen LogP contribution in [0.4, 0.5) is 0 Å². The summed E-state index contributed by atoms with van der Waals surface area (Å²) in [6, 6.07) is 0. The van der Waals surface area contributed by atoms with Gasteiger partial charge in [0.1, 0.15) is 0 Å². The minimum absolute atomic E-state index is 0.214. The molecule has 1 aliphatic heterocycles. The maximum atomic E-state index is 10.8. The Morgan fingerprint density at radius 3 is 2.40 bits per heavy atom. The molecule has 1 heterocycles. The van der Waals surface area contributed by atoms with Crippen molar-refractivity contribution in [1.82, 2.24) is 4.90 Å². The summed E-state index contributed by atoms with van der Waals surface area (Å²) in [4.78, 5) is 12.6. The molecule has 1 fully saturated rings. The molecule has 0 N–H and O–H groups in total. The minimum atomic E-state index is 0.214. The molecular formula is C8H15NO. The van der Waals surface area contributed by atoms with Crippen molar-refractivity contribution in [3.63, 3.8) is 0 Å². The maximum Gasteiger partial charge on any atom is 0.219 e. The predicted octanol–water partition coefficient (Wildman–Crippen LogP) is 1.26. The maximum absolute atomic E-state index is 10.8. The van der Waals surface area contributed by atoms with Gasteiger partial charge in [-0.25, -0.2) is 0 Å². The summed E-state index contributed by atoms with van der Waals surface area (Å²) in [5.41, 5.74) is 0.422. The third-order valence-corrected chi connectivity index (χ3v) is 2.44. The fraction of sp³-hybridized carbons (Fsp3) is 0.875. The van der Waals surface area contributed by atoms with Gasteiger partial charge in [0.25, 0.3) is 0 Å². The molecule has 1 aliphatic rings. The quantitative estimate of drug-likeness (QED) is 0.538. The molecule has 1 saturated heterocycles. The molecule has 0 spiro atoms. The third-order valence-electron chi connectivity index (χ3n) is 2.44. The number of carbonyl (C=O) groups is 1. The Balaban J connectivity index is 2.36. The molecule has 1 amide bonds. The van der Waals surface area contributed by atoms with E-state index in [1.165, 1.54) is 6.42 Å². The summed E-state index contributed by atoms with van der Waals surface area (Å²) < 4.78 is 0. The summed E-state index contributed by atoms with van der Waals surface area (Å²) in [5.74, 6) is 0.214. The highest BCUT2D eigenvalue weighted by atomic mass is 16.2. The molecule has 1 rings (SSSR count). The molecule has 0 atom stereocenters. The Morgan fingerprint density at radius 2 is 2.10 bits per heavy atom. The van der Waals surface area contributed by atoms with Gasteiger partial charge in [0.15, 0.2) is 0 Å². The van der Waals surface area contributed by atoms with Crippen LogP contribution in [0.1, 0.15) is 27.2 Å². The first-order valence-electron chi connectivity index (χ1n) is 3.83. The number of hydrogen-bond acceptors (Lipinski definition) is 1. The van der Waals surface area contributed by atoms with Crippen molar-refractivity contribution < 1.29 is 4.79 Å². The summed E-state index contributed by atoms with van der Waals surface area (Å²) in [5, 5.41) is 0. The van der Waals surface area contributed by atoms with Gasteiger partial charge in [-0.2, -0.15) is 0 Å². The lowest BCUT2D eigenvalue weighted by Gasteiger charge is -2.47. The second-order valence-electron chi connectivity index (χ2n) is 3.54. The van der Waals surface area contributed by atoms with Crippen LogP contribution in [0.3, 0.4) is 0 Å². The number of carbonyl (C=O) groups excluding carboxylic acids is 1. The van der Waals surface area contributed by atoms with Crippen LogP contribution >= 0.6 is 0 Å². The Labute approximate surface area is 62.2 Å². The van der Waals surface area contributed by atoms with Crippen molar-refractivity contribution in [2.24, 2.45) is 5.41 Å². The van der Waals surface area contributed by atoms with Gasteiger partial charge >= 0.3 is 0 Å². The van der Waals surface area contributed by atoms with Crippen molar-refractivity contribution in [2.45, 2.75) is 27.2 Å². The first-order valence-corrected chi connectivity index (χ1v) is 3.83. The smallest absolute Gasteiger partial charge is 0.219 e. The highest BCUT2D eigenvalue weighted by Gasteiger charge is 2.37. The molecule has 10 heavy (non-hydrogen) atoms. The van der Waals surface area contributed by atoms with Crippen LogP contribution in [-0.4, -0.2) is 23.9 Å². The Kier molecular flexibility index (Phi) is 1.71. The van der Waals surface area contributed by atoms with Crippen LogP contribution in [0.25, 0.3) is 0 Å². The van der Waals surface area contributed by atoms with Crippen molar-refractivity contribution in [1.29, 1.82) is 0 Å². The van der Waals surface area contributed by atoms with E-state index < -0.39 is 0 Å². The van der Waals surface area contributed by atoms with E-state index in [0.717, 1.165) is 13.1 Å². The second kappa shape index (κ2) is 2.26. The number of hydrogen-bond donors (Lipinski definition) is 0. The highest BCUT2D eigenvalue weighted by molar-refractivity contribution is 5.74. The van der Waals surface area contributed by atoms with E-state index in [1.807, 2.05) is 4.90 Å². The lowest BCUT2D eigenvalue weighted by atomic mass is 9.79. The molecule has 2 nitrogen and oxygen atoms in total. The standard InChI is InChI=1S/C8H15NO/c1-4-8(3)5-9(6-8)7(2)10/h4-6H2,1-3H3. The van der Waals surface area contributed by atoms with Crippen molar-refractivity contribution in [3.05, 3.63) is 0 Å². The Hall–Kier alpha value is -0.530. The van der Waals surface area contributed by atoms with Crippen LogP contribution in [0, 0.1) is 5.41 Å². The molecule has 2 heteroatoms. The van der Waals surface area contributed by atoms with Crippen molar-refractivity contribution in [2.75, 3.05) is 13.1 Å². The van der Waals surface area contributed by atoms with Gasteiger partial charge in [-0.05, 0) is 6.42 Å². The van der Waals surface area contributed by atoms with Crippen LogP contribution in [0.5, 0.6) is 0 Å². The number of likely N-dealkylation sites (tertiary alicyclic amines) is 1. The normalized spacial score (nSPS) is 22.1. The fourth-order valence-corrected chi connectivity index (χ4v) is 1.32. The molecule has 58 valence electrons. The van der Waals surface area contributed by atoms with Crippen LogP contribution < -0.4 is 0 Å². The van der Waals surface area contributed by atoms with Crippen LogP contribution in [-0.2, 0) is 4.79 Å². The molecule has 0 aromatic heterocycles. The lowest BCUT2D eigenvalue weighted by molar-refractivity contribution is -0.140. The fourth-order valence-electron chi connectivity index (χ4n) is 1.32. The minimum Gasteiger partial charge on any atom is -0.342 e. The molecule has 0 aromatic rings. The predicted molar refractivity (Wildman–Crippen MR) is 40.7 cm³/mol. The van der Waals surface area contributed by atoms with Gasteiger partial charge in [-0.15, -0.1) is 0 Å². The van der Waals surface area contributed by atoms with E-state index in [1.54, 1.807) is 6.92 Å². The number of rotatable bonds is 1. The molecule has 0 saturated carbocycles. The molecule has 0 unspecified atom stereocenters. The van der Waals surface area contributed by atoms with E-state index in [-0.39, 0.29) is 5.91 Å². The Morgan fingerprint density at radius 1 is 1.60 bits per heavy atom. The third kappa shape index (κ3) is 1.15. The van der Waals surface area contributed by atoms with E-state index in [4.69, 9.17) is 0 Å². The SMILES string of the molecule is CCC1(C)CN(C(C)=O)C1. The summed E-state index contributed by atoms with van der Waals surface area (Å²) in [7, 11) is 0. The largest absolute Gasteiger partial charge is 0.342 e. The molecular weight excluding hydrogens is 126 g/mol. The van der Waals surface area contributed by atoms with E-state index in [9.17, 15) is 4.79 Å².